The first-order chi connectivity index (χ1) is 8.25. The first-order valence-corrected chi connectivity index (χ1v) is 6.42. The van der Waals surface area contributed by atoms with Gasteiger partial charge in [-0.3, -0.25) is 4.79 Å². The smallest absolute Gasteiger partial charge is 0.259 e. The number of hydrogen-bond donors (Lipinski definition) is 1. The van der Waals surface area contributed by atoms with E-state index in [2.05, 4.69) is 0 Å². The van der Waals surface area contributed by atoms with Crippen LogP contribution in [0.5, 0.6) is 0 Å². The zero-order valence-electron chi connectivity index (χ0n) is 9.22. The number of hydrogen-bond acceptors (Lipinski definition) is 3. The molecule has 0 saturated heterocycles. The van der Waals surface area contributed by atoms with Crippen LogP contribution in [0.25, 0.3) is 0 Å². The van der Waals surface area contributed by atoms with Crippen molar-refractivity contribution in [2.24, 2.45) is 0 Å². The average Bonchev–Trinajstić information content (AvgIpc) is 2.96. The number of rotatable bonds is 1. The highest BCUT2D eigenvalue weighted by atomic mass is 32.1. The molecule has 1 aliphatic heterocycles. The van der Waals surface area contributed by atoms with E-state index < -0.39 is 0 Å². The van der Waals surface area contributed by atoms with E-state index in [-0.39, 0.29) is 5.91 Å². The lowest BCUT2D eigenvalue weighted by Crippen LogP contribution is -2.28. The van der Waals surface area contributed by atoms with Crippen molar-refractivity contribution in [1.82, 2.24) is 0 Å². The van der Waals surface area contributed by atoms with E-state index in [1.807, 2.05) is 39.9 Å². The van der Waals surface area contributed by atoms with Crippen molar-refractivity contribution < 1.29 is 4.79 Å². The minimum absolute atomic E-state index is 0.0785. The van der Waals surface area contributed by atoms with Gasteiger partial charge in [-0.2, -0.15) is 11.3 Å². The summed E-state index contributed by atoms with van der Waals surface area (Å²) < 4.78 is 0. The second-order valence-corrected chi connectivity index (χ2v) is 4.89. The summed E-state index contributed by atoms with van der Waals surface area (Å²) in [5.74, 6) is 0.0785. The lowest BCUT2D eigenvalue weighted by atomic mass is 10.1. The molecule has 1 amide bonds. The van der Waals surface area contributed by atoms with Gasteiger partial charge in [0.05, 0.1) is 5.56 Å². The maximum absolute atomic E-state index is 12.3. The molecule has 2 N–H and O–H groups in total. The van der Waals surface area contributed by atoms with Crippen molar-refractivity contribution in [3.63, 3.8) is 0 Å². The second kappa shape index (κ2) is 3.89. The lowest BCUT2D eigenvalue weighted by molar-refractivity contribution is 0.0990. The molecular weight excluding hydrogens is 232 g/mol. The molecule has 17 heavy (non-hydrogen) atoms. The van der Waals surface area contributed by atoms with Crippen LogP contribution in [0, 0.1) is 0 Å². The molecule has 1 aliphatic rings. The van der Waals surface area contributed by atoms with Crippen LogP contribution in [0.15, 0.2) is 35.0 Å². The quantitative estimate of drug-likeness (QED) is 0.783. The molecule has 0 fully saturated rings. The number of anilines is 2. The van der Waals surface area contributed by atoms with Gasteiger partial charge in [-0.05, 0) is 41.6 Å². The number of carbonyl (C=O) groups excluding carboxylic acids is 1. The summed E-state index contributed by atoms with van der Waals surface area (Å²) in [6.45, 7) is 0.744. The van der Waals surface area contributed by atoms with E-state index >= 15 is 0 Å². The molecule has 4 heteroatoms. The number of amides is 1. The fourth-order valence-corrected chi connectivity index (χ4v) is 2.80. The first-order valence-electron chi connectivity index (χ1n) is 5.48. The van der Waals surface area contributed by atoms with Crippen LogP contribution in [-0.4, -0.2) is 12.5 Å². The summed E-state index contributed by atoms with van der Waals surface area (Å²) in [4.78, 5) is 14.1. The number of nitrogens with zero attached hydrogens (tertiary/aromatic N) is 1. The molecule has 0 radical (unpaired) electrons. The van der Waals surface area contributed by atoms with E-state index in [4.69, 9.17) is 5.73 Å². The summed E-state index contributed by atoms with van der Waals surface area (Å²) in [6.07, 6.45) is 0.885. The summed E-state index contributed by atoms with van der Waals surface area (Å²) in [5, 5.41) is 3.81. The van der Waals surface area contributed by atoms with Gasteiger partial charge >= 0.3 is 0 Å². The maximum atomic E-state index is 12.3. The second-order valence-electron chi connectivity index (χ2n) is 4.11. The summed E-state index contributed by atoms with van der Waals surface area (Å²) >= 11 is 1.54. The summed E-state index contributed by atoms with van der Waals surface area (Å²) in [7, 11) is 0. The fourth-order valence-electron chi connectivity index (χ4n) is 2.17. The minimum atomic E-state index is 0.0785. The molecule has 2 heterocycles. The number of carbonyl (C=O) groups is 1. The first kappa shape index (κ1) is 10.4. The van der Waals surface area contributed by atoms with Gasteiger partial charge in [-0.25, -0.2) is 0 Å². The Kier molecular flexibility index (Phi) is 2.37. The predicted octanol–water partition coefficient (Wildman–Crippen LogP) is 2.53. The molecule has 0 atom stereocenters. The van der Waals surface area contributed by atoms with Crippen molar-refractivity contribution >= 4 is 28.6 Å². The summed E-state index contributed by atoms with van der Waals surface area (Å²) in [5.41, 5.74) is 9.42. The third-order valence-electron chi connectivity index (χ3n) is 3.01. The van der Waals surface area contributed by atoms with Crippen LogP contribution in [-0.2, 0) is 6.42 Å². The number of nitrogens with two attached hydrogens (primary N) is 1. The van der Waals surface area contributed by atoms with Crippen molar-refractivity contribution in [2.45, 2.75) is 6.42 Å². The van der Waals surface area contributed by atoms with Crippen LogP contribution >= 0.6 is 11.3 Å². The molecule has 1 aromatic heterocycles. The van der Waals surface area contributed by atoms with E-state index in [0.717, 1.165) is 35.5 Å². The maximum Gasteiger partial charge on any atom is 0.259 e. The van der Waals surface area contributed by atoms with Crippen molar-refractivity contribution in [2.75, 3.05) is 17.2 Å². The molecule has 0 saturated carbocycles. The van der Waals surface area contributed by atoms with Gasteiger partial charge in [-0.15, -0.1) is 0 Å². The normalized spacial score (nSPS) is 13.8. The van der Waals surface area contributed by atoms with Crippen molar-refractivity contribution in [1.29, 1.82) is 0 Å². The van der Waals surface area contributed by atoms with Gasteiger partial charge < -0.3 is 10.6 Å². The molecular formula is C13H12N2OS. The highest BCUT2D eigenvalue weighted by Gasteiger charge is 2.25. The average molecular weight is 244 g/mol. The van der Waals surface area contributed by atoms with Gasteiger partial charge in [0.15, 0.2) is 0 Å². The molecule has 0 bridgehead atoms. The summed E-state index contributed by atoms with van der Waals surface area (Å²) in [6, 6.07) is 7.60. The van der Waals surface area contributed by atoms with E-state index in [1.54, 1.807) is 11.3 Å². The SMILES string of the molecule is Nc1ccc2c(c1)CCN2C(=O)c1ccsc1. The lowest BCUT2D eigenvalue weighted by Gasteiger charge is -2.16. The molecule has 0 spiro atoms. The van der Waals surface area contributed by atoms with Gasteiger partial charge in [0.2, 0.25) is 0 Å². The minimum Gasteiger partial charge on any atom is -0.399 e. The number of benzene rings is 1. The molecule has 1 aromatic carbocycles. The molecule has 3 rings (SSSR count). The third kappa shape index (κ3) is 1.70. The fraction of sp³-hybridized carbons (Fsp3) is 0.154. The van der Waals surface area contributed by atoms with Crippen molar-refractivity contribution in [3.8, 4) is 0 Å². The molecule has 0 aliphatic carbocycles. The van der Waals surface area contributed by atoms with Gasteiger partial charge in [0.25, 0.3) is 5.91 Å². The van der Waals surface area contributed by atoms with Crippen LogP contribution in [0.2, 0.25) is 0 Å². The number of fused-ring (bicyclic) bond motifs is 1. The predicted molar refractivity (Wildman–Crippen MR) is 70.6 cm³/mol. The van der Waals surface area contributed by atoms with Gasteiger partial charge in [-0.1, -0.05) is 0 Å². The van der Waals surface area contributed by atoms with Crippen LogP contribution in [0.3, 0.4) is 0 Å². The Morgan fingerprint density at radius 3 is 3.00 bits per heavy atom. The zero-order chi connectivity index (χ0) is 11.8. The number of nitrogen functional groups attached to an aromatic ring is 1. The Morgan fingerprint density at radius 1 is 1.35 bits per heavy atom. The Labute approximate surface area is 103 Å². The zero-order valence-corrected chi connectivity index (χ0v) is 10.0. The van der Waals surface area contributed by atoms with E-state index in [0.29, 0.717) is 0 Å². The Bertz CT molecular complexity index is 563. The van der Waals surface area contributed by atoms with E-state index in [9.17, 15) is 4.79 Å². The molecule has 0 unspecified atom stereocenters. The Balaban J connectivity index is 1.96. The van der Waals surface area contributed by atoms with Crippen molar-refractivity contribution in [3.05, 3.63) is 46.2 Å². The number of thiophene rings is 1. The van der Waals surface area contributed by atoms with Crippen LogP contribution in [0.4, 0.5) is 11.4 Å². The van der Waals surface area contributed by atoms with Gasteiger partial charge in [0, 0.05) is 23.3 Å². The van der Waals surface area contributed by atoms with Crippen LogP contribution < -0.4 is 10.6 Å². The van der Waals surface area contributed by atoms with E-state index in [1.165, 1.54) is 0 Å². The largest absolute Gasteiger partial charge is 0.399 e. The Morgan fingerprint density at radius 2 is 2.24 bits per heavy atom. The highest BCUT2D eigenvalue weighted by Crippen LogP contribution is 2.30. The molecule has 2 aromatic rings. The monoisotopic (exact) mass is 244 g/mol. The standard InChI is InChI=1S/C13H12N2OS/c14-11-1-2-12-9(7-11)3-5-15(12)13(16)10-4-6-17-8-10/h1-2,4,6-8H,3,5,14H2. The van der Waals surface area contributed by atoms with Crippen LogP contribution in [0.1, 0.15) is 15.9 Å². The van der Waals surface area contributed by atoms with Gasteiger partial charge in [0.1, 0.15) is 0 Å². The Hall–Kier alpha value is -1.81. The molecule has 86 valence electrons. The third-order valence-corrected chi connectivity index (χ3v) is 3.70. The highest BCUT2D eigenvalue weighted by molar-refractivity contribution is 7.08. The molecule has 3 nitrogen and oxygen atoms in total. The topological polar surface area (TPSA) is 46.3 Å².